The normalized spacial score (nSPS) is 11.2. The van der Waals surface area contributed by atoms with Gasteiger partial charge >= 0.3 is 0 Å². The van der Waals surface area contributed by atoms with E-state index < -0.39 is 0 Å². The van der Waals surface area contributed by atoms with Gasteiger partial charge < -0.3 is 9.84 Å². The molecule has 0 aliphatic carbocycles. The summed E-state index contributed by atoms with van der Waals surface area (Å²) in [7, 11) is 0. The van der Waals surface area contributed by atoms with Gasteiger partial charge in [0.05, 0.1) is 5.88 Å². The number of halogens is 1. The predicted molar refractivity (Wildman–Crippen MR) is 156 cm³/mol. The summed E-state index contributed by atoms with van der Waals surface area (Å²) < 4.78 is 5.70. The predicted octanol–water partition coefficient (Wildman–Crippen LogP) is 9.32. The molecule has 0 atom stereocenters. The summed E-state index contributed by atoms with van der Waals surface area (Å²) >= 11 is 5.77. The molecule has 0 spiro atoms. The quantitative estimate of drug-likeness (QED) is 0.231. The average molecular weight is 501 g/mol. The van der Waals surface area contributed by atoms with Crippen LogP contribution in [0.15, 0.2) is 121 Å². The van der Waals surface area contributed by atoms with Crippen molar-refractivity contribution >= 4 is 33.1 Å². The van der Waals surface area contributed by atoms with Gasteiger partial charge in [-0.1, -0.05) is 84.9 Å². The minimum atomic E-state index is 0.281. The van der Waals surface area contributed by atoms with Gasteiger partial charge in [0.2, 0.25) is 0 Å². The molecule has 6 aromatic rings. The Balaban J connectivity index is 1.44. The minimum Gasteiger partial charge on any atom is -0.508 e. The van der Waals surface area contributed by atoms with Gasteiger partial charge in [-0.05, 0) is 91.3 Å². The Hall–Kier alpha value is -4.27. The van der Waals surface area contributed by atoms with E-state index in [9.17, 15) is 5.11 Å². The Morgan fingerprint density at radius 3 is 1.59 bits per heavy atom. The van der Waals surface area contributed by atoms with E-state index in [1.807, 2.05) is 12.1 Å². The molecule has 0 radical (unpaired) electrons. The van der Waals surface area contributed by atoms with E-state index in [4.69, 9.17) is 16.3 Å². The first kappa shape index (κ1) is 23.1. The van der Waals surface area contributed by atoms with Crippen molar-refractivity contribution in [3.63, 3.8) is 0 Å². The molecule has 0 heterocycles. The second-order valence-corrected chi connectivity index (χ2v) is 9.48. The van der Waals surface area contributed by atoms with Crippen LogP contribution in [0, 0.1) is 0 Å². The summed E-state index contributed by atoms with van der Waals surface area (Å²) in [5.41, 5.74) is 7.04. The third-order valence-corrected chi connectivity index (χ3v) is 6.90. The van der Waals surface area contributed by atoms with E-state index in [0.717, 1.165) is 32.9 Å². The monoisotopic (exact) mass is 500 g/mol. The van der Waals surface area contributed by atoms with Crippen LogP contribution in [-0.4, -0.2) is 17.6 Å². The fraction of sp³-hybridized carbons (Fsp3) is 0.0588. The van der Waals surface area contributed by atoms with Crippen molar-refractivity contribution in [2.45, 2.75) is 0 Å². The van der Waals surface area contributed by atoms with E-state index in [1.165, 1.54) is 27.8 Å². The third-order valence-electron chi connectivity index (χ3n) is 6.75. The largest absolute Gasteiger partial charge is 0.508 e. The summed E-state index contributed by atoms with van der Waals surface area (Å²) in [6, 6.07) is 41.7. The zero-order valence-corrected chi connectivity index (χ0v) is 21.0. The smallest absolute Gasteiger partial charge is 0.119 e. The molecule has 0 bridgehead atoms. The van der Waals surface area contributed by atoms with Crippen LogP contribution in [0.3, 0.4) is 0 Å². The molecule has 0 aliphatic rings. The molecule has 0 unspecified atom stereocenters. The maximum Gasteiger partial charge on any atom is 0.119 e. The van der Waals surface area contributed by atoms with Gasteiger partial charge in [-0.25, -0.2) is 0 Å². The second-order valence-electron chi connectivity index (χ2n) is 9.10. The molecule has 0 aromatic heterocycles. The molecular weight excluding hydrogens is 476 g/mol. The fourth-order valence-electron chi connectivity index (χ4n) is 4.98. The molecule has 0 aliphatic heterocycles. The summed E-state index contributed by atoms with van der Waals surface area (Å²) in [6.45, 7) is 0.498. The van der Waals surface area contributed by atoms with E-state index in [0.29, 0.717) is 12.5 Å². The Bertz CT molecular complexity index is 1740. The average Bonchev–Trinajstić information content (AvgIpc) is 2.95. The Morgan fingerprint density at radius 2 is 1.00 bits per heavy atom. The first-order valence-electron chi connectivity index (χ1n) is 12.3. The highest BCUT2D eigenvalue weighted by atomic mass is 35.5. The highest BCUT2D eigenvalue weighted by Crippen LogP contribution is 2.39. The van der Waals surface area contributed by atoms with Crippen LogP contribution in [-0.2, 0) is 0 Å². The number of benzene rings is 6. The molecule has 0 fully saturated rings. The summed E-state index contributed by atoms with van der Waals surface area (Å²) in [5, 5.41) is 14.3. The van der Waals surface area contributed by atoms with Gasteiger partial charge in [-0.15, -0.1) is 11.6 Å². The Morgan fingerprint density at radius 1 is 0.514 bits per heavy atom. The fourth-order valence-corrected chi connectivity index (χ4v) is 5.05. The molecule has 0 saturated heterocycles. The molecule has 6 aromatic carbocycles. The zero-order valence-electron chi connectivity index (χ0n) is 20.2. The summed E-state index contributed by atoms with van der Waals surface area (Å²) in [4.78, 5) is 0. The number of fused-ring (bicyclic) bond motifs is 2. The van der Waals surface area contributed by atoms with Crippen LogP contribution in [0.2, 0.25) is 0 Å². The van der Waals surface area contributed by atoms with Gasteiger partial charge in [0, 0.05) is 0 Å². The molecular formula is C34H25ClO2. The third kappa shape index (κ3) is 4.64. The standard InChI is InChI=1S/C34H25ClO2/c35-17-18-37-30-16-14-24-20-28(12-10-26(24)22-30)32-6-2-4-8-34(32)33-7-3-1-5-31(33)27-11-9-25-21-29(36)15-13-23(25)19-27/h1-16,19-22,36H,17-18H2. The lowest BCUT2D eigenvalue weighted by molar-refractivity contribution is 0.343. The van der Waals surface area contributed by atoms with E-state index in [-0.39, 0.29) is 5.75 Å². The molecule has 0 saturated carbocycles. The Kier molecular flexibility index (Phi) is 6.26. The molecule has 1 N–H and O–H groups in total. The number of ether oxygens (including phenoxy) is 1. The van der Waals surface area contributed by atoms with Gasteiger partial charge in [-0.2, -0.15) is 0 Å². The first-order chi connectivity index (χ1) is 18.2. The van der Waals surface area contributed by atoms with Crippen LogP contribution in [0.1, 0.15) is 0 Å². The van der Waals surface area contributed by atoms with Crippen molar-refractivity contribution in [2.75, 3.05) is 12.5 Å². The van der Waals surface area contributed by atoms with Gasteiger partial charge in [0.1, 0.15) is 18.1 Å². The van der Waals surface area contributed by atoms with Crippen molar-refractivity contribution in [1.29, 1.82) is 0 Å². The number of rotatable bonds is 6. The topological polar surface area (TPSA) is 29.5 Å². The van der Waals surface area contributed by atoms with Crippen LogP contribution in [0.5, 0.6) is 11.5 Å². The van der Waals surface area contributed by atoms with Gasteiger partial charge in [-0.3, -0.25) is 0 Å². The van der Waals surface area contributed by atoms with Crippen molar-refractivity contribution in [2.24, 2.45) is 0 Å². The van der Waals surface area contributed by atoms with Crippen LogP contribution < -0.4 is 4.74 Å². The number of hydrogen-bond donors (Lipinski definition) is 1. The van der Waals surface area contributed by atoms with Crippen LogP contribution in [0.25, 0.3) is 54.9 Å². The minimum absolute atomic E-state index is 0.281. The maximum atomic E-state index is 9.85. The number of aromatic hydroxyl groups is 1. The molecule has 3 heteroatoms. The lowest BCUT2D eigenvalue weighted by Crippen LogP contribution is -1.97. The van der Waals surface area contributed by atoms with E-state index in [2.05, 4.69) is 97.1 Å². The SMILES string of the molecule is Oc1ccc2cc(-c3ccccc3-c3ccccc3-c3ccc4cc(OCCCl)ccc4c3)ccc2c1. The second kappa shape index (κ2) is 10.0. The van der Waals surface area contributed by atoms with Gasteiger partial charge in [0.25, 0.3) is 0 Å². The first-order valence-corrected chi connectivity index (χ1v) is 12.9. The van der Waals surface area contributed by atoms with E-state index in [1.54, 1.807) is 12.1 Å². The summed E-state index contributed by atoms with van der Waals surface area (Å²) in [5.74, 6) is 1.59. The number of phenolic OH excluding ortho intramolecular Hbond substituents is 1. The number of hydrogen-bond acceptors (Lipinski definition) is 2. The lowest BCUT2D eigenvalue weighted by Gasteiger charge is -2.16. The number of alkyl halides is 1. The molecule has 2 nitrogen and oxygen atoms in total. The highest BCUT2D eigenvalue weighted by molar-refractivity contribution is 6.18. The number of phenols is 1. The summed E-state index contributed by atoms with van der Waals surface area (Å²) in [6.07, 6.45) is 0. The van der Waals surface area contributed by atoms with Crippen LogP contribution in [0.4, 0.5) is 0 Å². The molecule has 180 valence electrons. The molecule has 6 rings (SSSR count). The molecule has 37 heavy (non-hydrogen) atoms. The highest BCUT2D eigenvalue weighted by Gasteiger charge is 2.13. The van der Waals surface area contributed by atoms with Crippen molar-refractivity contribution in [3.05, 3.63) is 121 Å². The molecule has 0 amide bonds. The van der Waals surface area contributed by atoms with Crippen molar-refractivity contribution in [3.8, 4) is 44.9 Å². The Labute approximate surface area is 221 Å². The van der Waals surface area contributed by atoms with Gasteiger partial charge in [0.15, 0.2) is 0 Å². The maximum absolute atomic E-state index is 9.85. The van der Waals surface area contributed by atoms with Crippen molar-refractivity contribution < 1.29 is 9.84 Å². The zero-order chi connectivity index (χ0) is 25.2. The van der Waals surface area contributed by atoms with Crippen LogP contribution >= 0.6 is 11.6 Å². The van der Waals surface area contributed by atoms with Crippen molar-refractivity contribution in [1.82, 2.24) is 0 Å². The van der Waals surface area contributed by atoms with E-state index >= 15 is 0 Å². The lowest BCUT2D eigenvalue weighted by atomic mass is 9.88.